The van der Waals surface area contributed by atoms with E-state index in [9.17, 15) is 14.7 Å². The van der Waals surface area contributed by atoms with Gasteiger partial charge in [-0.15, -0.1) is 0 Å². The van der Waals surface area contributed by atoms with Crippen LogP contribution in [0.4, 0.5) is 5.82 Å². The number of hydrogen-bond acceptors (Lipinski definition) is 8. The smallest absolute Gasteiger partial charge is 0.326 e. The monoisotopic (exact) mass is 540 g/mol. The Morgan fingerprint density at radius 1 is 1.15 bits per heavy atom. The summed E-state index contributed by atoms with van der Waals surface area (Å²) in [7, 11) is 0. The Labute approximate surface area is 232 Å². The van der Waals surface area contributed by atoms with E-state index in [-0.39, 0.29) is 17.7 Å². The Bertz CT molecular complexity index is 1070. The van der Waals surface area contributed by atoms with Crippen molar-refractivity contribution in [3.63, 3.8) is 0 Å². The largest absolute Gasteiger partial charge is 0.480 e. The van der Waals surface area contributed by atoms with Gasteiger partial charge in [0.05, 0.1) is 18.1 Å². The zero-order valence-corrected chi connectivity index (χ0v) is 23.8. The third-order valence-corrected chi connectivity index (χ3v) is 6.58. The van der Waals surface area contributed by atoms with E-state index in [4.69, 9.17) is 9.72 Å². The fourth-order valence-electron chi connectivity index (χ4n) is 4.52. The number of aryl methyl sites for hydroxylation is 3. The highest BCUT2D eigenvalue weighted by atomic mass is 16.5. The standard InChI is InChI=1S/C29H44N6O4/c1-21-19-32-26(20-31-21)39-17-16-35(15-12-24(28(37)38)34-25(36)18-29(2,3)4)14-6-5-9-23-11-10-22-8-7-13-30-27(22)33-23/h10-11,19-20,24H,5-9,12-18H2,1-4H3,(H,30,33)(H,34,36)(H,37,38). The van der Waals surface area contributed by atoms with Gasteiger partial charge in [0.2, 0.25) is 11.8 Å². The summed E-state index contributed by atoms with van der Waals surface area (Å²) >= 11 is 0. The Morgan fingerprint density at radius 2 is 1.97 bits per heavy atom. The molecule has 214 valence electrons. The summed E-state index contributed by atoms with van der Waals surface area (Å²) in [5.74, 6) is 0.223. The summed E-state index contributed by atoms with van der Waals surface area (Å²) in [4.78, 5) is 39.7. The Balaban J connectivity index is 1.52. The molecule has 1 amide bonds. The molecule has 0 fully saturated rings. The van der Waals surface area contributed by atoms with Crippen LogP contribution in [0.15, 0.2) is 24.5 Å². The highest BCUT2D eigenvalue weighted by Gasteiger charge is 2.24. The number of carboxylic acid groups (broad SMARTS) is 1. The number of rotatable bonds is 15. The molecule has 1 aliphatic heterocycles. The minimum Gasteiger partial charge on any atom is -0.480 e. The first-order chi connectivity index (χ1) is 18.6. The SMILES string of the molecule is Cc1cnc(OCCN(CCCCc2ccc3c(n2)NCCC3)CCC(NC(=O)CC(C)(C)C)C(=O)O)cn1. The number of aromatic nitrogens is 3. The van der Waals surface area contributed by atoms with Crippen LogP contribution in [0, 0.1) is 12.3 Å². The summed E-state index contributed by atoms with van der Waals surface area (Å²) in [6.45, 7) is 11.0. The molecule has 10 nitrogen and oxygen atoms in total. The van der Waals surface area contributed by atoms with Gasteiger partial charge >= 0.3 is 5.97 Å². The Hall–Kier alpha value is -3.27. The van der Waals surface area contributed by atoms with Crippen molar-refractivity contribution in [1.29, 1.82) is 0 Å². The number of carbonyl (C=O) groups excluding carboxylic acids is 1. The van der Waals surface area contributed by atoms with Crippen LogP contribution in [0.3, 0.4) is 0 Å². The van der Waals surface area contributed by atoms with Gasteiger partial charge in [0, 0.05) is 31.7 Å². The van der Waals surface area contributed by atoms with E-state index in [0.717, 1.165) is 62.4 Å². The lowest BCUT2D eigenvalue weighted by Gasteiger charge is -2.25. The fourth-order valence-corrected chi connectivity index (χ4v) is 4.52. The molecule has 1 unspecified atom stereocenters. The minimum absolute atomic E-state index is 0.210. The number of nitrogens with zero attached hydrogens (tertiary/aromatic N) is 4. The second-order valence-corrected chi connectivity index (χ2v) is 11.5. The van der Waals surface area contributed by atoms with Gasteiger partial charge in [0.25, 0.3) is 0 Å². The van der Waals surface area contributed by atoms with Crippen molar-refractivity contribution >= 4 is 17.7 Å². The molecule has 0 bridgehead atoms. The second kappa shape index (κ2) is 14.8. The minimum atomic E-state index is -1.02. The summed E-state index contributed by atoms with van der Waals surface area (Å²) < 4.78 is 5.78. The van der Waals surface area contributed by atoms with Crippen LogP contribution >= 0.6 is 0 Å². The number of hydrogen-bond donors (Lipinski definition) is 3. The van der Waals surface area contributed by atoms with E-state index < -0.39 is 12.0 Å². The van der Waals surface area contributed by atoms with Crippen LogP contribution in [0.25, 0.3) is 0 Å². The maximum atomic E-state index is 12.4. The molecular formula is C29H44N6O4. The molecule has 1 aliphatic rings. The zero-order valence-electron chi connectivity index (χ0n) is 23.8. The summed E-state index contributed by atoms with van der Waals surface area (Å²) in [5, 5.41) is 15.8. The van der Waals surface area contributed by atoms with E-state index >= 15 is 0 Å². The lowest BCUT2D eigenvalue weighted by atomic mass is 9.92. The molecule has 0 radical (unpaired) electrons. The predicted molar refractivity (Wildman–Crippen MR) is 151 cm³/mol. The Morgan fingerprint density at radius 3 is 2.69 bits per heavy atom. The fraction of sp³-hybridized carbons (Fsp3) is 0.621. The molecule has 3 heterocycles. The number of amides is 1. The average Bonchev–Trinajstić information content (AvgIpc) is 2.88. The molecule has 2 aromatic heterocycles. The van der Waals surface area contributed by atoms with Crippen LogP contribution in [0.1, 0.15) is 69.8 Å². The highest BCUT2D eigenvalue weighted by molar-refractivity contribution is 5.83. The molecule has 3 N–H and O–H groups in total. The molecule has 1 atom stereocenters. The van der Waals surface area contributed by atoms with Crippen molar-refractivity contribution in [3.05, 3.63) is 41.5 Å². The number of aliphatic carboxylic acids is 1. The summed E-state index contributed by atoms with van der Waals surface area (Å²) in [5.41, 5.74) is 2.99. The Kier molecular flexibility index (Phi) is 11.5. The van der Waals surface area contributed by atoms with E-state index in [2.05, 4.69) is 37.6 Å². The van der Waals surface area contributed by atoms with E-state index in [1.54, 1.807) is 12.4 Å². The predicted octanol–water partition coefficient (Wildman–Crippen LogP) is 3.64. The average molecular weight is 541 g/mol. The van der Waals surface area contributed by atoms with E-state index in [1.165, 1.54) is 5.56 Å². The first kappa shape index (κ1) is 30.3. The molecule has 0 saturated heterocycles. The number of pyridine rings is 1. The molecule has 0 aromatic carbocycles. The molecule has 2 aromatic rings. The number of carbonyl (C=O) groups is 2. The second-order valence-electron chi connectivity index (χ2n) is 11.5. The van der Waals surface area contributed by atoms with Crippen molar-refractivity contribution in [2.75, 3.05) is 38.1 Å². The van der Waals surface area contributed by atoms with Gasteiger partial charge in [0.1, 0.15) is 18.5 Å². The first-order valence-electron chi connectivity index (χ1n) is 14.0. The number of nitrogens with one attached hydrogen (secondary N) is 2. The van der Waals surface area contributed by atoms with E-state index in [0.29, 0.717) is 32.0 Å². The number of ether oxygens (including phenoxy) is 1. The van der Waals surface area contributed by atoms with Gasteiger partial charge in [0.15, 0.2) is 0 Å². The van der Waals surface area contributed by atoms with Crippen LogP contribution in [0.5, 0.6) is 5.88 Å². The van der Waals surface area contributed by atoms with E-state index in [1.807, 2.05) is 27.7 Å². The molecule has 0 aliphatic carbocycles. The van der Waals surface area contributed by atoms with Crippen LogP contribution in [-0.4, -0.2) is 75.7 Å². The molecule has 0 spiro atoms. The number of unbranched alkanes of at least 4 members (excludes halogenated alkanes) is 1. The van der Waals surface area contributed by atoms with Gasteiger partial charge in [-0.25, -0.2) is 14.8 Å². The maximum absolute atomic E-state index is 12.4. The summed E-state index contributed by atoms with van der Waals surface area (Å²) in [6.07, 6.45) is 8.87. The number of anilines is 1. The van der Waals surface area contributed by atoms with Gasteiger partial charge in [-0.3, -0.25) is 14.7 Å². The zero-order chi connectivity index (χ0) is 28.3. The van der Waals surface area contributed by atoms with Gasteiger partial charge in [-0.1, -0.05) is 26.8 Å². The molecule has 10 heteroatoms. The van der Waals surface area contributed by atoms with Crippen molar-refractivity contribution in [2.24, 2.45) is 5.41 Å². The van der Waals surface area contributed by atoms with Gasteiger partial charge in [-0.2, -0.15) is 0 Å². The van der Waals surface area contributed by atoms with Crippen LogP contribution in [-0.2, 0) is 22.4 Å². The molecular weight excluding hydrogens is 496 g/mol. The number of fused-ring (bicyclic) bond motifs is 1. The summed E-state index contributed by atoms with van der Waals surface area (Å²) in [6, 6.07) is 3.37. The lowest BCUT2D eigenvalue weighted by Crippen LogP contribution is -2.44. The normalized spacial score (nSPS) is 13.9. The third-order valence-electron chi connectivity index (χ3n) is 6.58. The van der Waals surface area contributed by atoms with Crippen molar-refractivity contribution < 1.29 is 19.4 Å². The topological polar surface area (TPSA) is 130 Å². The van der Waals surface area contributed by atoms with Crippen molar-refractivity contribution in [3.8, 4) is 5.88 Å². The first-order valence-corrected chi connectivity index (χ1v) is 14.0. The lowest BCUT2D eigenvalue weighted by molar-refractivity contribution is -0.142. The third kappa shape index (κ3) is 11.2. The van der Waals surface area contributed by atoms with Crippen molar-refractivity contribution in [1.82, 2.24) is 25.2 Å². The van der Waals surface area contributed by atoms with Crippen LogP contribution < -0.4 is 15.4 Å². The van der Waals surface area contributed by atoms with Gasteiger partial charge in [-0.05, 0) is 69.0 Å². The quantitative estimate of drug-likeness (QED) is 0.290. The molecule has 0 saturated carbocycles. The maximum Gasteiger partial charge on any atom is 0.326 e. The molecule has 39 heavy (non-hydrogen) atoms. The number of carboxylic acids is 1. The van der Waals surface area contributed by atoms with Crippen molar-refractivity contribution in [2.45, 2.75) is 78.7 Å². The van der Waals surface area contributed by atoms with Gasteiger partial charge < -0.3 is 20.5 Å². The molecule has 3 rings (SSSR count). The van der Waals surface area contributed by atoms with Crippen LogP contribution in [0.2, 0.25) is 0 Å². The highest BCUT2D eigenvalue weighted by Crippen LogP contribution is 2.20.